The Labute approximate surface area is 165 Å². The van der Waals surface area contributed by atoms with Crippen molar-refractivity contribution in [2.45, 2.75) is 25.9 Å². The highest BCUT2D eigenvalue weighted by Crippen LogP contribution is 2.20. The third kappa shape index (κ3) is 5.72. The molecule has 1 aliphatic heterocycles. The Bertz CT molecular complexity index is 649. The van der Waals surface area contributed by atoms with Gasteiger partial charge in [0, 0.05) is 36.9 Å². The molecule has 0 radical (unpaired) electrons. The molecule has 2 aromatic rings. The zero-order valence-electron chi connectivity index (χ0n) is 14.3. The predicted octanol–water partition coefficient (Wildman–Crippen LogP) is 3.08. The van der Waals surface area contributed by atoms with Crippen LogP contribution >= 0.6 is 36.4 Å². The minimum absolute atomic E-state index is 0. The number of rotatable bonds is 4. The molecule has 0 bridgehead atoms. The molecular formula is C16H24Cl3N5O. The molecule has 1 aromatic heterocycles. The summed E-state index contributed by atoms with van der Waals surface area (Å²) < 4.78 is 5.31. The molecule has 1 aromatic carbocycles. The van der Waals surface area contributed by atoms with Crippen LogP contribution in [0, 0.1) is 0 Å². The molecule has 1 aliphatic rings. The van der Waals surface area contributed by atoms with Crippen molar-refractivity contribution in [1.82, 2.24) is 15.0 Å². The van der Waals surface area contributed by atoms with Crippen molar-refractivity contribution in [2.24, 2.45) is 5.73 Å². The first-order valence-electron chi connectivity index (χ1n) is 7.76. The van der Waals surface area contributed by atoms with E-state index in [4.69, 9.17) is 21.9 Å². The van der Waals surface area contributed by atoms with Gasteiger partial charge in [0.05, 0.1) is 12.1 Å². The Balaban J connectivity index is 0.00000156. The third-order valence-corrected chi connectivity index (χ3v) is 4.22. The Morgan fingerprint density at radius 1 is 1.12 bits per heavy atom. The Morgan fingerprint density at radius 3 is 2.24 bits per heavy atom. The highest BCUT2D eigenvalue weighted by molar-refractivity contribution is 6.30. The van der Waals surface area contributed by atoms with Gasteiger partial charge in [0.2, 0.25) is 5.89 Å². The second kappa shape index (κ2) is 9.05. The summed E-state index contributed by atoms with van der Waals surface area (Å²) in [5.74, 6) is 1.17. The number of nitrogens with zero attached hydrogens (tertiary/aromatic N) is 4. The van der Waals surface area contributed by atoms with Crippen LogP contribution in [-0.2, 0) is 12.1 Å². The molecule has 1 fully saturated rings. The second-order valence-corrected chi connectivity index (χ2v) is 6.91. The number of aromatic nitrogens is 2. The lowest BCUT2D eigenvalue weighted by molar-refractivity contribution is 0.215. The van der Waals surface area contributed by atoms with Gasteiger partial charge in [-0.2, -0.15) is 4.98 Å². The van der Waals surface area contributed by atoms with E-state index in [1.54, 1.807) is 0 Å². The smallest absolute Gasteiger partial charge is 0.240 e. The highest BCUT2D eigenvalue weighted by atomic mass is 35.5. The van der Waals surface area contributed by atoms with E-state index in [1.165, 1.54) is 5.69 Å². The molecule has 0 atom stereocenters. The summed E-state index contributed by atoms with van der Waals surface area (Å²) in [5.41, 5.74) is 6.61. The molecule has 2 heterocycles. The topological polar surface area (TPSA) is 71.4 Å². The Hall–Kier alpha value is -1.05. The number of hydrogen-bond donors (Lipinski definition) is 1. The van der Waals surface area contributed by atoms with Gasteiger partial charge < -0.3 is 15.2 Å². The molecule has 0 saturated carbocycles. The van der Waals surface area contributed by atoms with Gasteiger partial charge in [-0.15, -0.1) is 24.8 Å². The lowest BCUT2D eigenvalue weighted by atomic mass is 10.1. The standard InChI is InChI=1S/C16H22ClN5O.2ClH/c1-16(2,18)15-19-14(23-20-15)11-21-7-9-22(10-8-21)13-5-3-12(17)4-6-13;;/h3-6H,7-11,18H2,1-2H3;2*1H. The van der Waals surface area contributed by atoms with Gasteiger partial charge in [-0.25, -0.2) is 0 Å². The molecule has 9 heteroatoms. The van der Waals surface area contributed by atoms with Crippen LogP contribution in [0.4, 0.5) is 5.69 Å². The van der Waals surface area contributed by atoms with Gasteiger partial charge >= 0.3 is 0 Å². The fraction of sp³-hybridized carbons (Fsp3) is 0.500. The van der Waals surface area contributed by atoms with Crippen molar-refractivity contribution in [2.75, 3.05) is 31.1 Å². The maximum Gasteiger partial charge on any atom is 0.240 e. The minimum atomic E-state index is -0.574. The van der Waals surface area contributed by atoms with Gasteiger partial charge in [-0.05, 0) is 38.1 Å². The number of nitrogens with two attached hydrogens (primary N) is 1. The van der Waals surface area contributed by atoms with Crippen LogP contribution < -0.4 is 10.6 Å². The fourth-order valence-corrected chi connectivity index (χ4v) is 2.71. The fourth-order valence-electron chi connectivity index (χ4n) is 2.59. The highest BCUT2D eigenvalue weighted by Gasteiger charge is 2.23. The van der Waals surface area contributed by atoms with E-state index in [1.807, 2.05) is 26.0 Å². The first-order valence-corrected chi connectivity index (χ1v) is 8.14. The number of hydrogen-bond acceptors (Lipinski definition) is 6. The zero-order chi connectivity index (χ0) is 16.4. The van der Waals surface area contributed by atoms with Gasteiger partial charge in [-0.1, -0.05) is 16.8 Å². The molecule has 0 unspecified atom stereocenters. The van der Waals surface area contributed by atoms with Crippen LogP contribution in [0.5, 0.6) is 0 Å². The van der Waals surface area contributed by atoms with Crippen molar-refractivity contribution in [1.29, 1.82) is 0 Å². The summed E-state index contributed by atoms with van der Waals surface area (Å²) in [6.45, 7) is 8.23. The normalized spacial score (nSPS) is 15.4. The average Bonchev–Trinajstić information content (AvgIpc) is 2.98. The quantitative estimate of drug-likeness (QED) is 0.838. The van der Waals surface area contributed by atoms with Crippen molar-refractivity contribution in [3.8, 4) is 0 Å². The number of halogens is 3. The van der Waals surface area contributed by atoms with E-state index in [0.717, 1.165) is 31.2 Å². The molecule has 3 rings (SSSR count). The summed E-state index contributed by atoms with van der Waals surface area (Å²) in [6, 6.07) is 7.98. The average molecular weight is 409 g/mol. The van der Waals surface area contributed by atoms with E-state index in [9.17, 15) is 0 Å². The third-order valence-electron chi connectivity index (χ3n) is 3.97. The van der Waals surface area contributed by atoms with Crippen molar-refractivity contribution in [3.05, 3.63) is 41.0 Å². The summed E-state index contributed by atoms with van der Waals surface area (Å²) >= 11 is 5.94. The Morgan fingerprint density at radius 2 is 1.72 bits per heavy atom. The summed E-state index contributed by atoms with van der Waals surface area (Å²) in [5, 5.41) is 4.73. The molecular weight excluding hydrogens is 385 g/mol. The lowest BCUT2D eigenvalue weighted by Crippen LogP contribution is -2.46. The molecule has 0 spiro atoms. The maximum atomic E-state index is 5.98. The first kappa shape index (κ1) is 22.0. The Kier molecular flexibility index (Phi) is 7.96. The van der Waals surface area contributed by atoms with Gasteiger partial charge in [-0.3, -0.25) is 4.90 Å². The van der Waals surface area contributed by atoms with E-state index >= 15 is 0 Å². The summed E-state index contributed by atoms with van der Waals surface area (Å²) in [6.07, 6.45) is 0. The number of anilines is 1. The van der Waals surface area contributed by atoms with Crippen LogP contribution in [-0.4, -0.2) is 41.2 Å². The molecule has 2 N–H and O–H groups in total. The van der Waals surface area contributed by atoms with Crippen molar-refractivity contribution >= 4 is 42.1 Å². The number of piperazine rings is 1. The molecule has 6 nitrogen and oxygen atoms in total. The number of benzene rings is 1. The second-order valence-electron chi connectivity index (χ2n) is 6.47. The molecule has 0 aliphatic carbocycles. The van der Waals surface area contributed by atoms with Crippen LogP contribution in [0.15, 0.2) is 28.8 Å². The summed E-state index contributed by atoms with van der Waals surface area (Å²) in [7, 11) is 0. The lowest BCUT2D eigenvalue weighted by Gasteiger charge is -2.35. The zero-order valence-corrected chi connectivity index (χ0v) is 16.7. The van der Waals surface area contributed by atoms with Crippen molar-refractivity contribution < 1.29 is 4.52 Å². The monoisotopic (exact) mass is 407 g/mol. The molecule has 1 saturated heterocycles. The van der Waals surface area contributed by atoms with Crippen LogP contribution in [0.25, 0.3) is 0 Å². The van der Waals surface area contributed by atoms with E-state index in [-0.39, 0.29) is 24.8 Å². The predicted molar refractivity (Wildman–Crippen MR) is 105 cm³/mol. The van der Waals surface area contributed by atoms with E-state index < -0.39 is 5.54 Å². The largest absolute Gasteiger partial charge is 0.369 e. The van der Waals surface area contributed by atoms with E-state index in [2.05, 4.69) is 32.1 Å². The van der Waals surface area contributed by atoms with Gasteiger partial charge in [0.1, 0.15) is 0 Å². The van der Waals surface area contributed by atoms with Gasteiger partial charge in [0.15, 0.2) is 5.82 Å². The molecule has 140 valence electrons. The molecule has 0 amide bonds. The maximum absolute atomic E-state index is 5.98. The molecule has 25 heavy (non-hydrogen) atoms. The SMILES string of the molecule is CC(C)(N)c1noc(CN2CCN(c3ccc(Cl)cc3)CC2)n1.Cl.Cl. The first-order chi connectivity index (χ1) is 10.9. The van der Waals surface area contributed by atoms with Crippen molar-refractivity contribution in [3.63, 3.8) is 0 Å². The minimum Gasteiger partial charge on any atom is -0.369 e. The van der Waals surface area contributed by atoms with Gasteiger partial charge in [0.25, 0.3) is 0 Å². The van der Waals surface area contributed by atoms with Crippen LogP contribution in [0.2, 0.25) is 5.02 Å². The van der Waals surface area contributed by atoms with Crippen LogP contribution in [0.3, 0.4) is 0 Å². The van der Waals surface area contributed by atoms with Crippen LogP contribution in [0.1, 0.15) is 25.6 Å². The summed E-state index contributed by atoms with van der Waals surface area (Å²) in [4.78, 5) is 9.06. The van der Waals surface area contributed by atoms with E-state index in [0.29, 0.717) is 18.3 Å².